The fourth-order valence-electron chi connectivity index (χ4n) is 4.03. The van der Waals surface area contributed by atoms with Crippen molar-refractivity contribution < 1.29 is 23.9 Å². The number of carboxylic acid groups (broad SMARTS) is 1. The van der Waals surface area contributed by atoms with Crippen LogP contribution in [0.3, 0.4) is 0 Å². The molecule has 0 spiro atoms. The Hall–Kier alpha value is -3.14. The summed E-state index contributed by atoms with van der Waals surface area (Å²) < 4.78 is 22.6. The number of aromatic carboxylic acids is 1. The van der Waals surface area contributed by atoms with E-state index in [1.54, 1.807) is 9.47 Å². The van der Waals surface area contributed by atoms with E-state index in [4.69, 9.17) is 15.3 Å². The molecule has 3 N–H and O–H groups in total. The van der Waals surface area contributed by atoms with Crippen molar-refractivity contribution in [1.82, 2.24) is 4.57 Å². The summed E-state index contributed by atoms with van der Waals surface area (Å²) in [5.74, 6) is -1.81. The minimum Gasteiger partial charge on any atom is -0.492 e. The average molecular weight is 418 g/mol. The van der Waals surface area contributed by atoms with E-state index in [0.717, 1.165) is 18.9 Å². The Kier molecular flexibility index (Phi) is 5.10. The van der Waals surface area contributed by atoms with Gasteiger partial charge in [0.05, 0.1) is 29.8 Å². The standard InChI is InChI=1S/C20H23FN4O5/c1-29-19-16-11(18(26)12(20(27)28)8-25(16)10-3-4-10)7-13(21)17(19)24-6-5-15(23-30-2)14(22)9-24/h7-8,10,14H,3-6,9,22H2,1-2H3,(H,27,28)/b23-15-. The molecule has 160 valence electrons. The van der Waals surface area contributed by atoms with Gasteiger partial charge in [-0.1, -0.05) is 5.16 Å². The number of carboxylic acids is 1. The molecule has 2 heterocycles. The zero-order valence-electron chi connectivity index (χ0n) is 16.7. The number of ether oxygens (including phenoxy) is 1. The summed E-state index contributed by atoms with van der Waals surface area (Å²) in [5, 5.41) is 13.3. The minimum absolute atomic E-state index is 0.0113. The zero-order chi connectivity index (χ0) is 21.6. The lowest BCUT2D eigenvalue weighted by atomic mass is 10.0. The van der Waals surface area contributed by atoms with Gasteiger partial charge in [0.25, 0.3) is 0 Å². The van der Waals surface area contributed by atoms with Crippen LogP contribution in [0.1, 0.15) is 35.7 Å². The smallest absolute Gasteiger partial charge is 0.341 e. The second-order valence-electron chi connectivity index (χ2n) is 7.52. The Morgan fingerprint density at radius 2 is 2.10 bits per heavy atom. The molecule has 4 rings (SSSR count). The Bertz CT molecular complexity index is 1110. The number of piperidine rings is 1. The predicted molar refractivity (Wildman–Crippen MR) is 109 cm³/mol. The molecular weight excluding hydrogens is 395 g/mol. The van der Waals surface area contributed by atoms with Gasteiger partial charge in [-0.2, -0.15) is 0 Å². The Morgan fingerprint density at radius 1 is 1.37 bits per heavy atom. The number of benzene rings is 1. The quantitative estimate of drug-likeness (QED) is 0.710. The molecule has 2 aliphatic rings. The maximum atomic E-state index is 15.3. The molecule has 0 amide bonds. The molecule has 9 nitrogen and oxygen atoms in total. The van der Waals surface area contributed by atoms with Crippen molar-refractivity contribution in [2.24, 2.45) is 10.9 Å². The molecule has 1 saturated heterocycles. The third-order valence-corrected chi connectivity index (χ3v) is 5.58. The van der Waals surface area contributed by atoms with Crippen LogP contribution in [0.4, 0.5) is 10.1 Å². The van der Waals surface area contributed by atoms with E-state index in [1.165, 1.54) is 20.4 Å². The lowest BCUT2D eigenvalue weighted by Gasteiger charge is -2.34. The number of rotatable bonds is 5. The van der Waals surface area contributed by atoms with Crippen LogP contribution in [0, 0.1) is 5.82 Å². The van der Waals surface area contributed by atoms with Crippen LogP contribution in [0.15, 0.2) is 22.2 Å². The monoisotopic (exact) mass is 418 g/mol. The highest BCUT2D eigenvalue weighted by atomic mass is 19.1. The molecule has 0 bridgehead atoms. The number of carbonyl (C=O) groups is 1. The number of aromatic nitrogens is 1. The summed E-state index contributed by atoms with van der Waals surface area (Å²) in [5.41, 5.74) is 6.35. The molecule has 1 unspecified atom stereocenters. The summed E-state index contributed by atoms with van der Waals surface area (Å²) in [6.07, 6.45) is 3.51. The van der Waals surface area contributed by atoms with Gasteiger partial charge in [-0.25, -0.2) is 9.18 Å². The molecule has 1 aromatic heterocycles. The molecule has 1 aromatic carbocycles. The third-order valence-electron chi connectivity index (χ3n) is 5.58. The van der Waals surface area contributed by atoms with Crippen LogP contribution in [-0.2, 0) is 4.84 Å². The number of fused-ring (bicyclic) bond motifs is 1. The van der Waals surface area contributed by atoms with Gasteiger partial charge in [-0.05, 0) is 18.9 Å². The number of hydrogen-bond acceptors (Lipinski definition) is 7. The fourth-order valence-corrected chi connectivity index (χ4v) is 4.03. The maximum absolute atomic E-state index is 15.3. The first-order valence-electron chi connectivity index (χ1n) is 9.66. The van der Waals surface area contributed by atoms with Gasteiger partial charge in [-0.15, -0.1) is 0 Å². The number of nitrogens with two attached hydrogens (primary N) is 1. The number of pyridine rings is 1. The Labute approximate surface area is 171 Å². The molecule has 1 saturated carbocycles. The van der Waals surface area contributed by atoms with Crippen molar-refractivity contribution >= 4 is 28.3 Å². The molecule has 30 heavy (non-hydrogen) atoms. The van der Waals surface area contributed by atoms with E-state index in [2.05, 4.69) is 5.16 Å². The molecule has 1 aliphatic heterocycles. The summed E-state index contributed by atoms with van der Waals surface area (Å²) >= 11 is 0. The summed E-state index contributed by atoms with van der Waals surface area (Å²) in [4.78, 5) is 30.9. The first kappa shape index (κ1) is 20.1. The number of halogens is 1. The average Bonchev–Trinajstić information content (AvgIpc) is 3.54. The van der Waals surface area contributed by atoms with E-state index in [9.17, 15) is 14.7 Å². The van der Waals surface area contributed by atoms with E-state index in [-0.39, 0.29) is 28.4 Å². The van der Waals surface area contributed by atoms with E-state index < -0.39 is 23.3 Å². The van der Waals surface area contributed by atoms with E-state index in [0.29, 0.717) is 30.7 Å². The van der Waals surface area contributed by atoms with E-state index >= 15 is 4.39 Å². The number of nitrogens with zero attached hydrogens (tertiary/aromatic N) is 3. The van der Waals surface area contributed by atoms with Crippen LogP contribution in [0.5, 0.6) is 5.75 Å². The lowest BCUT2D eigenvalue weighted by Crippen LogP contribution is -2.49. The molecule has 2 fully saturated rings. The third kappa shape index (κ3) is 3.26. The van der Waals surface area contributed by atoms with Gasteiger partial charge in [0.15, 0.2) is 11.6 Å². The largest absolute Gasteiger partial charge is 0.492 e. The van der Waals surface area contributed by atoms with Crippen molar-refractivity contribution in [3.05, 3.63) is 33.9 Å². The molecular formula is C20H23FN4O5. The summed E-state index contributed by atoms with van der Waals surface area (Å²) in [6.45, 7) is 0.734. The normalized spacial score (nSPS) is 20.6. The van der Waals surface area contributed by atoms with Gasteiger partial charge in [0.2, 0.25) is 5.43 Å². The second-order valence-corrected chi connectivity index (χ2v) is 7.52. The van der Waals surface area contributed by atoms with Crippen molar-refractivity contribution in [2.45, 2.75) is 31.3 Å². The minimum atomic E-state index is -1.34. The molecule has 0 radical (unpaired) electrons. The summed E-state index contributed by atoms with van der Waals surface area (Å²) in [6, 6.07) is 0.700. The van der Waals surface area contributed by atoms with Gasteiger partial charge >= 0.3 is 5.97 Å². The maximum Gasteiger partial charge on any atom is 0.341 e. The van der Waals surface area contributed by atoms with Crippen LogP contribution in [0.2, 0.25) is 0 Å². The summed E-state index contributed by atoms with van der Waals surface area (Å²) in [7, 11) is 2.85. The van der Waals surface area contributed by atoms with Crippen LogP contribution < -0.4 is 20.8 Å². The Morgan fingerprint density at radius 3 is 2.67 bits per heavy atom. The topological polar surface area (TPSA) is 119 Å². The second kappa shape index (κ2) is 7.60. The van der Waals surface area contributed by atoms with Crippen LogP contribution in [-0.4, -0.2) is 54.7 Å². The first-order chi connectivity index (χ1) is 14.4. The van der Waals surface area contributed by atoms with Crippen molar-refractivity contribution in [3.63, 3.8) is 0 Å². The number of hydrogen-bond donors (Lipinski definition) is 2. The first-order valence-corrected chi connectivity index (χ1v) is 9.66. The SMILES string of the molecule is CO/N=C1/CCN(c2c(F)cc3c(=O)c(C(=O)O)cn(C4CC4)c3c2OC)CC1N. The highest BCUT2D eigenvalue weighted by Crippen LogP contribution is 2.44. The van der Waals surface area contributed by atoms with Gasteiger partial charge < -0.3 is 29.9 Å². The van der Waals surface area contributed by atoms with Crippen molar-refractivity contribution in [1.29, 1.82) is 0 Å². The zero-order valence-corrected chi connectivity index (χ0v) is 16.7. The van der Waals surface area contributed by atoms with Gasteiger partial charge in [-0.3, -0.25) is 4.79 Å². The number of methoxy groups -OCH3 is 1. The molecule has 2 aromatic rings. The molecule has 1 aliphatic carbocycles. The van der Waals surface area contributed by atoms with Crippen molar-refractivity contribution in [2.75, 3.05) is 32.2 Å². The highest BCUT2D eigenvalue weighted by Gasteiger charge is 2.33. The van der Waals surface area contributed by atoms with Crippen molar-refractivity contribution in [3.8, 4) is 5.75 Å². The highest BCUT2D eigenvalue weighted by molar-refractivity contribution is 5.98. The molecule has 1 atom stereocenters. The van der Waals surface area contributed by atoms with Gasteiger partial charge in [0, 0.05) is 31.7 Å². The predicted octanol–water partition coefficient (Wildman–Crippen LogP) is 1.72. The number of anilines is 1. The van der Waals surface area contributed by atoms with Crippen LogP contribution >= 0.6 is 0 Å². The number of oxime groups is 1. The van der Waals surface area contributed by atoms with Gasteiger partial charge in [0.1, 0.15) is 18.4 Å². The Balaban J connectivity index is 1.92. The van der Waals surface area contributed by atoms with E-state index in [1.807, 2.05) is 0 Å². The molecule has 10 heteroatoms. The van der Waals surface area contributed by atoms with Crippen LogP contribution in [0.25, 0.3) is 10.9 Å². The lowest BCUT2D eigenvalue weighted by molar-refractivity contribution is 0.0695. The fraction of sp³-hybridized carbons (Fsp3) is 0.450.